The van der Waals surface area contributed by atoms with Crippen molar-refractivity contribution in [2.24, 2.45) is 0 Å². The summed E-state index contributed by atoms with van der Waals surface area (Å²) < 4.78 is 65.7. The van der Waals surface area contributed by atoms with E-state index in [9.17, 15) is 16.8 Å². The molecule has 10 heteroatoms. The minimum absolute atomic E-state index is 0.0855. The van der Waals surface area contributed by atoms with Gasteiger partial charge < -0.3 is 0 Å². The van der Waals surface area contributed by atoms with Gasteiger partial charge in [0.05, 0.1) is 13.2 Å². The van der Waals surface area contributed by atoms with Gasteiger partial charge in [0, 0.05) is 12.8 Å². The van der Waals surface area contributed by atoms with E-state index in [1.165, 1.54) is 0 Å². The lowest BCUT2D eigenvalue weighted by molar-refractivity contribution is 0.262. The standard InChI is InChI=1S/C12H18O8S2/c13-21(14,15)19-11-9-7-5-3-1-2-4-6-8-10-12-20-22(16,17)18/h5-12H2,(H,13,14,15)(H,16,17,18). The van der Waals surface area contributed by atoms with Crippen LogP contribution in [0.5, 0.6) is 0 Å². The molecule has 0 aromatic carbocycles. The van der Waals surface area contributed by atoms with Gasteiger partial charge in [0.2, 0.25) is 0 Å². The zero-order chi connectivity index (χ0) is 16.9. The molecule has 126 valence electrons. The van der Waals surface area contributed by atoms with Crippen LogP contribution in [0.25, 0.3) is 0 Å². The van der Waals surface area contributed by atoms with Crippen LogP contribution in [-0.4, -0.2) is 39.2 Å². The Kier molecular flexibility index (Phi) is 10.8. The summed E-state index contributed by atoms with van der Waals surface area (Å²) in [4.78, 5) is 0. The van der Waals surface area contributed by atoms with E-state index >= 15 is 0 Å². The highest BCUT2D eigenvalue weighted by Gasteiger charge is 2.02. The van der Waals surface area contributed by atoms with E-state index in [1.54, 1.807) is 0 Å². The minimum atomic E-state index is -4.36. The molecule has 0 aliphatic rings. The molecule has 0 unspecified atom stereocenters. The monoisotopic (exact) mass is 354 g/mol. The molecule has 0 rings (SSSR count). The van der Waals surface area contributed by atoms with Crippen molar-refractivity contribution in [1.82, 2.24) is 0 Å². The summed E-state index contributed by atoms with van der Waals surface area (Å²) in [5.74, 6) is 10.8. The average molecular weight is 354 g/mol. The molecule has 8 nitrogen and oxygen atoms in total. The minimum Gasteiger partial charge on any atom is -0.264 e. The highest BCUT2D eigenvalue weighted by Crippen LogP contribution is 1.97. The maximum absolute atomic E-state index is 10.2. The van der Waals surface area contributed by atoms with E-state index in [0.717, 1.165) is 0 Å². The third-order valence-electron chi connectivity index (χ3n) is 2.10. The predicted molar refractivity (Wildman–Crippen MR) is 78.3 cm³/mol. The summed E-state index contributed by atoms with van der Waals surface area (Å²) in [6.07, 6.45) is 3.22. The summed E-state index contributed by atoms with van der Waals surface area (Å²) in [6, 6.07) is 0. The quantitative estimate of drug-likeness (QED) is 0.337. The Balaban J connectivity index is 3.52. The molecule has 0 fully saturated rings. The maximum Gasteiger partial charge on any atom is 0.397 e. The lowest BCUT2D eigenvalue weighted by Crippen LogP contribution is -2.04. The van der Waals surface area contributed by atoms with Crippen LogP contribution < -0.4 is 0 Å². The third kappa shape index (κ3) is 18.9. The lowest BCUT2D eigenvalue weighted by Gasteiger charge is -1.97. The van der Waals surface area contributed by atoms with Gasteiger partial charge in [-0.1, -0.05) is 11.8 Å². The molecule has 0 atom stereocenters. The molecule has 2 N–H and O–H groups in total. The van der Waals surface area contributed by atoms with E-state index in [2.05, 4.69) is 32.0 Å². The molecule has 0 heterocycles. The van der Waals surface area contributed by atoms with Crippen LogP contribution in [0.3, 0.4) is 0 Å². The average Bonchev–Trinajstić information content (AvgIpc) is 2.36. The van der Waals surface area contributed by atoms with Crippen molar-refractivity contribution < 1.29 is 34.3 Å². The summed E-state index contributed by atoms with van der Waals surface area (Å²) in [6.45, 7) is -0.171. The summed E-state index contributed by atoms with van der Waals surface area (Å²) >= 11 is 0. The van der Waals surface area contributed by atoms with Crippen molar-refractivity contribution in [2.75, 3.05) is 13.2 Å². The largest absolute Gasteiger partial charge is 0.397 e. The van der Waals surface area contributed by atoms with Crippen molar-refractivity contribution in [3.63, 3.8) is 0 Å². The van der Waals surface area contributed by atoms with Gasteiger partial charge >= 0.3 is 20.8 Å². The first-order chi connectivity index (χ1) is 10.2. The maximum atomic E-state index is 10.2. The van der Waals surface area contributed by atoms with Crippen molar-refractivity contribution in [3.8, 4) is 23.7 Å². The highest BCUT2D eigenvalue weighted by atomic mass is 32.3. The first-order valence-corrected chi connectivity index (χ1v) is 9.13. The first-order valence-electron chi connectivity index (χ1n) is 6.40. The smallest absolute Gasteiger partial charge is 0.264 e. The molecule has 0 saturated heterocycles. The molecule has 22 heavy (non-hydrogen) atoms. The molecule has 0 aliphatic carbocycles. The number of unbranched alkanes of at least 4 members (excludes halogenated alkanes) is 4. The van der Waals surface area contributed by atoms with Gasteiger partial charge in [-0.3, -0.25) is 9.11 Å². The Morgan fingerprint density at radius 3 is 1.36 bits per heavy atom. The van der Waals surface area contributed by atoms with Gasteiger partial charge in [0.25, 0.3) is 0 Å². The van der Waals surface area contributed by atoms with Gasteiger partial charge in [-0.25, -0.2) is 8.37 Å². The van der Waals surface area contributed by atoms with Crippen LogP contribution in [0.2, 0.25) is 0 Å². The molecule has 0 spiro atoms. The van der Waals surface area contributed by atoms with Gasteiger partial charge in [0.15, 0.2) is 0 Å². The van der Waals surface area contributed by atoms with E-state index in [1.807, 2.05) is 0 Å². The molecular weight excluding hydrogens is 336 g/mol. The zero-order valence-corrected chi connectivity index (χ0v) is 13.5. The Bertz CT molecular complexity index is 570. The molecule has 0 saturated carbocycles. The Hall–Kier alpha value is -1.14. The molecule has 0 aromatic heterocycles. The van der Waals surface area contributed by atoms with Crippen LogP contribution in [0.4, 0.5) is 0 Å². The van der Waals surface area contributed by atoms with Gasteiger partial charge in [0.1, 0.15) is 0 Å². The van der Waals surface area contributed by atoms with Crippen LogP contribution in [0.1, 0.15) is 38.5 Å². The molecule has 0 radical (unpaired) electrons. The molecule has 0 aromatic rings. The van der Waals surface area contributed by atoms with Gasteiger partial charge in [-0.15, -0.1) is 0 Å². The molecule has 0 aliphatic heterocycles. The molecule has 0 bridgehead atoms. The second-order valence-corrected chi connectivity index (χ2v) is 6.20. The fourth-order valence-corrected chi connectivity index (χ4v) is 1.83. The SMILES string of the molecule is O=S(=O)(O)OCCCCC#CC#CCCCCOS(=O)(=O)O. The van der Waals surface area contributed by atoms with Crippen LogP contribution >= 0.6 is 0 Å². The summed E-state index contributed by atoms with van der Waals surface area (Å²) in [7, 11) is -8.72. The topological polar surface area (TPSA) is 127 Å². The summed E-state index contributed by atoms with van der Waals surface area (Å²) in [5, 5.41) is 0. The number of hydrogen-bond donors (Lipinski definition) is 2. The van der Waals surface area contributed by atoms with Crippen molar-refractivity contribution >= 4 is 20.8 Å². The van der Waals surface area contributed by atoms with Crippen LogP contribution in [0.15, 0.2) is 0 Å². The molecular formula is C12H18O8S2. The van der Waals surface area contributed by atoms with E-state index in [0.29, 0.717) is 38.5 Å². The zero-order valence-electron chi connectivity index (χ0n) is 11.8. The van der Waals surface area contributed by atoms with Crippen molar-refractivity contribution in [1.29, 1.82) is 0 Å². The highest BCUT2D eigenvalue weighted by molar-refractivity contribution is 7.81. The predicted octanol–water partition coefficient (Wildman–Crippen LogP) is 0.973. The third-order valence-corrected chi connectivity index (χ3v) is 3.03. The second kappa shape index (κ2) is 11.4. The van der Waals surface area contributed by atoms with Crippen molar-refractivity contribution in [3.05, 3.63) is 0 Å². The van der Waals surface area contributed by atoms with Crippen LogP contribution in [-0.2, 0) is 29.2 Å². The van der Waals surface area contributed by atoms with Gasteiger partial charge in [-0.05, 0) is 37.5 Å². The van der Waals surface area contributed by atoms with Crippen molar-refractivity contribution in [2.45, 2.75) is 38.5 Å². The van der Waals surface area contributed by atoms with E-state index in [4.69, 9.17) is 9.11 Å². The normalized spacial score (nSPS) is 11.2. The molecule has 0 amide bonds. The second-order valence-electron chi connectivity index (χ2n) is 4.02. The fraction of sp³-hybridized carbons (Fsp3) is 0.667. The Morgan fingerprint density at radius 1 is 0.682 bits per heavy atom. The summed E-state index contributed by atoms with van der Waals surface area (Å²) in [5.41, 5.74) is 0. The van der Waals surface area contributed by atoms with E-state index < -0.39 is 20.8 Å². The lowest BCUT2D eigenvalue weighted by atomic mass is 10.2. The number of rotatable bonds is 10. The fourth-order valence-electron chi connectivity index (χ4n) is 1.17. The Morgan fingerprint density at radius 2 is 1.05 bits per heavy atom. The first kappa shape index (κ1) is 20.9. The Labute approximate surface area is 131 Å². The van der Waals surface area contributed by atoms with E-state index in [-0.39, 0.29) is 13.2 Å². The van der Waals surface area contributed by atoms with Crippen LogP contribution in [0, 0.1) is 23.7 Å². The van der Waals surface area contributed by atoms with Gasteiger partial charge in [-0.2, -0.15) is 16.8 Å². The number of hydrogen-bond acceptors (Lipinski definition) is 6.